The van der Waals surface area contributed by atoms with Crippen LogP contribution in [0, 0.1) is 0 Å². The van der Waals surface area contributed by atoms with Crippen molar-refractivity contribution in [1.82, 2.24) is 9.07 Å². The van der Waals surface area contributed by atoms with Gasteiger partial charge in [-0.05, 0) is 12.1 Å². The van der Waals surface area contributed by atoms with E-state index >= 15 is 0 Å². The van der Waals surface area contributed by atoms with E-state index in [9.17, 15) is 0 Å². The van der Waals surface area contributed by atoms with Crippen molar-refractivity contribution in [2.75, 3.05) is 5.73 Å². The average Bonchev–Trinajstić information content (AvgIpc) is 2.30. The van der Waals surface area contributed by atoms with Crippen molar-refractivity contribution in [3.63, 3.8) is 0 Å². The Morgan fingerprint density at radius 1 is 1.55 bits per heavy atom. The van der Waals surface area contributed by atoms with E-state index in [1.807, 2.05) is 12.1 Å². The predicted octanol–water partition coefficient (Wildman–Crippen LogP) is 1.62. The fourth-order valence-corrected chi connectivity index (χ4v) is 1.29. The Balaban J connectivity index is 2.95. The van der Waals surface area contributed by atoms with Crippen LogP contribution in [0.1, 0.15) is 0 Å². The third kappa shape index (κ3) is 0.851. The lowest BCUT2D eigenvalue weighted by molar-refractivity contribution is 1.32. The van der Waals surface area contributed by atoms with E-state index in [2.05, 4.69) is 4.98 Å². The minimum absolute atomic E-state index is 0.607. The number of pyridine rings is 1. The highest BCUT2D eigenvalue weighted by Crippen LogP contribution is 2.20. The van der Waals surface area contributed by atoms with Crippen molar-refractivity contribution < 1.29 is 0 Å². The molecule has 2 N–H and O–H groups in total. The average molecular weight is 168 g/mol. The highest BCUT2D eigenvalue weighted by molar-refractivity contribution is 6.19. The SMILES string of the molecule is Nc1cn(Cl)c2cccnc12. The molecule has 0 aliphatic rings. The van der Waals surface area contributed by atoms with Gasteiger partial charge < -0.3 is 5.73 Å². The van der Waals surface area contributed by atoms with Crippen molar-refractivity contribution in [3.8, 4) is 0 Å². The quantitative estimate of drug-likeness (QED) is 0.648. The lowest BCUT2D eigenvalue weighted by atomic mass is 10.4. The standard InChI is InChI=1S/C7H6ClN3/c8-11-4-5(9)7-6(11)2-1-3-10-7/h1-4H,9H2. The van der Waals surface area contributed by atoms with Gasteiger partial charge in [0.05, 0.1) is 11.2 Å². The van der Waals surface area contributed by atoms with Crippen molar-refractivity contribution in [3.05, 3.63) is 24.5 Å². The molecular formula is C7H6ClN3. The molecule has 0 radical (unpaired) electrons. The fraction of sp³-hybridized carbons (Fsp3) is 0. The summed E-state index contributed by atoms with van der Waals surface area (Å²) < 4.78 is 1.44. The zero-order valence-electron chi connectivity index (χ0n) is 5.66. The molecule has 0 atom stereocenters. The van der Waals surface area contributed by atoms with Crippen LogP contribution < -0.4 is 5.73 Å². The molecule has 2 heterocycles. The first-order chi connectivity index (χ1) is 5.29. The first kappa shape index (κ1) is 6.49. The minimum atomic E-state index is 0.607. The molecule has 0 unspecified atom stereocenters. The number of aromatic nitrogens is 2. The van der Waals surface area contributed by atoms with E-state index in [0.717, 1.165) is 11.0 Å². The molecule has 11 heavy (non-hydrogen) atoms. The molecule has 2 rings (SSSR count). The molecule has 0 amide bonds. The van der Waals surface area contributed by atoms with E-state index in [0.29, 0.717) is 5.69 Å². The second kappa shape index (κ2) is 2.13. The molecule has 0 bridgehead atoms. The number of fused-ring (bicyclic) bond motifs is 1. The topological polar surface area (TPSA) is 43.8 Å². The van der Waals surface area contributed by atoms with Gasteiger partial charge in [-0.25, -0.2) is 0 Å². The Bertz CT molecular complexity index is 357. The van der Waals surface area contributed by atoms with Gasteiger partial charge in [0.15, 0.2) is 0 Å². The van der Waals surface area contributed by atoms with Gasteiger partial charge in [0.1, 0.15) is 5.52 Å². The summed E-state index contributed by atoms with van der Waals surface area (Å²) in [5, 5.41) is 0. The number of nitrogens with zero attached hydrogens (tertiary/aromatic N) is 2. The Morgan fingerprint density at radius 2 is 2.36 bits per heavy atom. The normalized spacial score (nSPS) is 10.6. The van der Waals surface area contributed by atoms with Gasteiger partial charge in [-0.3, -0.25) is 9.07 Å². The molecule has 4 heteroatoms. The minimum Gasteiger partial charge on any atom is -0.396 e. The van der Waals surface area contributed by atoms with Crippen LogP contribution in [0.4, 0.5) is 5.69 Å². The Morgan fingerprint density at radius 3 is 3.09 bits per heavy atom. The molecule has 3 nitrogen and oxygen atoms in total. The third-order valence-corrected chi connectivity index (χ3v) is 1.82. The summed E-state index contributed by atoms with van der Waals surface area (Å²) in [5.74, 6) is 0. The van der Waals surface area contributed by atoms with E-state index < -0.39 is 0 Å². The van der Waals surface area contributed by atoms with Crippen molar-refractivity contribution in [2.24, 2.45) is 0 Å². The van der Waals surface area contributed by atoms with Crippen LogP contribution in [0.15, 0.2) is 24.5 Å². The van der Waals surface area contributed by atoms with Crippen LogP contribution in [0.3, 0.4) is 0 Å². The summed E-state index contributed by atoms with van der Waals surface area (Å²) in [6, 6.07) is 3.69. The zero-order chi connectivity index (χ0) is 7.84. The van der Waals surface area contributed by atoms with E-state index in [1.54, 1.807) is 12.4 Å². The number of halogens is 1. The van der Waals surface area contributed by atoms with Crippen LogP contribution in [0.2, 0.25) is 0 Å². The third-order valence-electron chi connectivity index (χ3n) is 1.54. The molecule has 0 aliphatic heterocycles. The summed E-state index contributed by atoms with van der Waals surface area (Å²) >= 11 is 5.77. The molecule has 2 aromatic rings. The maximum atomic E-state index is 5.77. The smallest absolute Gasteiger partial charge is 0.112 e. The lowest BCUT2D eigenvalue weighted by Gasteiger charge is -1.89. The van der Waals surface area contributed by atoms with Crippen LogP contribution in [-0.2, 0) is 0 Å². The van der Waals surface area contributed by atoms with Crippen molar-refractivity contribution in [2.45, 2.75) is 0 Å². The van der Waals surface area contributed by atoms with Gasteiger partial charge in [0.25, 0.3) is 0 Å². The summed E-state index contributed by atoms with van der Waals surface area (Å²) in [4.78, 5) is 4.07. The van der Waals surface area contributed by atoms with Crippen LogP contribution in [-0.4, -0.2) is 9.07 Å². The van der Waals surface area contributed by atoms with Crippen molar-refractivity contribution >= 4 is 28.5 Å². The van der Waals surface area contributed by atoms with Gasteiger partial charge in [0.2, 0.25) is 0 Å². The van der Waals surface area contributed by atoms with E-state index in [-0.39, 0.29) is 0 Å². The Hall–Kier alpha value is -1.22. The van der Waals surface area contributed by atoms with Crippen LogP contribution >= 0.6 is 11.8 Å². The largest absolute Gasteiger partial charge is 0.396 e. The molecule has 0 fully saturated rings. The second-order valence-corrected chi connectivity index (χ2v) is 2.63. The Labute approximate surface area is 68.5 Å². The number of nitrogen functional groups attached to an aromatic ring is 1. The summed E-state index contributed by atoms with van der Waals surface area (Å²) in [7, 11) is 0. The zero-order valence-corrected chi connectivity index (χ0v) is 6.42. The number of rotatable bonds is 0. The predicted molar refractivity (Wildman–Crippen MR) is 45.4 cm³/mol. The highest BCUT2D eigenvalue weighted by Gasteiger charge is 2.03. The van der Waals surface area contributed by atoms with Gasteiger partial charge >= 0.3 is 0 Å². The Kier molecular flexibility index (Phi) is 1.26. The van der Waals surface area contributed by atoms with E-state index in [1.165, 1.54) is 4.09 Å². The molecule has 0 saturated carbocycles. The lowest BCUT2D eigenvalue weighted by Crippen LogP contribution is -1.81. The summed E-state index contributed by atoms with van der Waals surface area (Å²) in [6.45, 7) is 0. The molecule has 0 aliphatic carbocycles. The van der Waals surface area contributed by atoms with Gasteiger partial charge in [-0.1, -0.05) is 0 Å². The summed E-state index contributed by atoms with van der Waals surface area (Å²) in [5.41, 5.74) is 7.81. The number of nitrogens with two attached hydrogens (primary N) is 1. The molecule has 0 aromatic carbocycles. The molecule has 2 aromatic heterocycles. The maximum Gasteiger partial charge on any atom is 0.112 e. The molecular weight excluding hydrogens is 162 g/mol. The molecule has 56 valence electrons. The van der Waals surface area contributed by atoms with Crippen LogP contribution in [0.25, 0.3) is 11.0 Å². The first-order valence-corrected chi connectivity index (χ1v) is 3.50. The van der Waals surface area contributed by atoms with Gasteiger partial charge in [0, 0.05) is 24.2 Å². The number of hydrogen-bond donors (Lipinski definition) is 1. The van der Waals surface area contributed by atoms with Crippen LogP contribution in [0.5, 0.6) is 0 Å². The van der Waals surface area contributed by atoms with Gasteiger partial charge in [-0.15, -0.1) is 0 Å². The van der Waals surface area contributed by atoms with E-state index in [4.69, 9.17) is 17.5 Å². The second-order valence-electron chi connectivity index (χ2n) is 2.27. The fourth-order valence-electron chi connectivity index (χ4n) is 1.04. The molecule has 0 saturated heterocycles. The number of anilines is 1. The van der Waals surface area contributed by atoms with Crippen molar-refractivity contribution in [1.29, 1.82) is 0 Å². The highest BCUT2D eigenvalue weighted by atomic mass is 35.5. The van der Waals surface area contributed by atoms with Gasteiger partial charge in [-0.2, -0.15) is 0 Å². The summed E-state index contributed by atoms with van der Waals surface area (Å²) in [6.07, 6.45) is 3.33. The maximum absolute atomic E-state index is 5.77. The first-order valence-electron chi connectivity index (χ1n) is 3.17. The monoisotopic (exact) mass is 167 g/mol. The molecule has 0 spiro atoms. The number of hydrogen-bond acceptors (Lipinski definition) is 2.